The molecule has 4 N–H and O–H groups in total. The normalized spacial score (nSPS) is 25.8. The van der Waals surface area contributed by atoms with Crippen molar-refractivity contribution in [3.63, 3.8) is 0 Å². The van der Waals surface area contributed by atoms with Crippen molar-refractivity contribution < 1.29 is 33.0 Å². The molecular formula is C23H30ClN6O7P. The summed E-state index contributed by atoms with van der Waals surface area (Å²) in [5.41, 5.74) is 6.59. The van der Waals surface area contributed by atoms with E-state index in [2.05, 4.69) is 20.0 Å². The Morgan fingerprint density at radius 2 is 2.00 bits per heavy atom. The third-order valence-corrected chi connectivity index (χ3v) is 7.84. The second kappa shape index (κ2) is 11.1. The number of nitrogen functional groups attached to an aromatic ring is 1. The van der Waals surface area contributed by atoms with Crippen molar-refractivity contribution in [2.45, 2.75) is 63.2 Å². The van der Waals surface area contributed by atoms with E-state index in [4.69, 9.17) is 35.9 Å². The number of aromatic nitrogens is 4. The van der Waals surface area contributed by atoms with Crippen molar-refractivity contribution in [3.05, 3.63) is 43.0 Å². The lowest BCUT2D eigenvalue weighted by Crippen LogP contribution is -2.44. The lowest BCUT2D eigenvalue weighted by atomic mass is 10.0. The van der Waals surface area contributed by atoms with Crippen molar-refractivity contribution >= 4 is 42.3 Å². The molecule has 15 heteroatoms. The van der Waals surface area contributed by atoms with Gasteiger partial charge >= 0.3 is 13.7 Å². The third kappa shape index (κ3) is 5.78. The van der Waals surface area contributed by atoms with Gasteiger partial charge in [-0.1, -0.05) is 18.2 Å². The first-order valence-corrected chi connectivity index (χ1v) is 13.8. The standard InChI is InChI=1S/C23H30ClN6O7P/c1-13(2)34-21(32)14(3)29-38(33,36-15-8-6-5-7-9-15)37-18-16(10-31)35-22(23(18,4)24)30-12-28-17-19(25)26-11-27-20(17)30/h5-9,11-14,16,18,22,31H,10H2,1-4H3,(H,29,33)(H2,25,26,27)/t14-,16-,18-,22-,23-,38?/m1/s1. The first-order valence-electron chi connectivity index (χ1n) is 11.8. The van der Waals surface area contributed by atoms with E-state index in [1.807, 2.05) is 0 Å². The predicted octanol–water partition coefficient (Wildman–Crippen LogP) is 2.80. The number of hydrogen-bond acceptors (Lipinski definition) is 11. The molecule has 0 saturated carbocycles. The number of halogens is 1. The number of rotatable bonds is 10. The van der Waals surface area contributed by atoms with E-state index in [0.717, 1.165) is 0 Å². The van der Waals surface area contributed by atoms with Crippen LogP contribution in [0.4, 0.5) is 5.82 Å². The summed E-state index contributed by atoms with van der Waals surface area (Å²) in [6, 6.07) is 7.21. The van der Waals surface area contributed by atoms with Gasteiger partial charge in [0.1, 0.15) is 40.7 Å². The quantitative estimate of drug-likeness (QED) is 0.186. The molecule has 206 valence electrons. The molecule has 1 aliphatic heterocycles. The highest BCUT2D eigenvalue weighted by Crippen LogP contribution is 2.54. The lowest BCUT2D eigenvalue weighted by Gasteiger charge is -2.32. The number of hydrogen-bond donors (Lipinski definition) is 3. The molecule has 0 spiro atoms. The number of esters is 1. The van der Waals surface area contributed by atoms with Crippen LogP contribution in [0.2, 0.25) is 0 Å². The van der Waals surface area contributed by atoms with Crippen molar-refractivity contribution in [3.8, 4) is 5.75 Å². The number of para-hydroxylation sites is 1. The molecule has 3 aromatic rings. The number of fused-ring (bicyclic) bond motifs is 1. The lowest BCUT2D eigenvalue weighted by molar-refractivity contribution is -0.149. The average molecular weight is 569 g/mol. The second-order valence-corrected chi connectivity index (χ2v) is 11.7. The van der Waals surface area contributed by atoms with Gasteiger partial charge in [0, 0.05) is 0 Å². The number of aliphatic hydroxyl groups excluding tert-OH is 1. The Kier molecular flexibility index (Phi) is 8.26. The molecule has 0 bridgehead atoms. The van der Waals surface area contributed by atoms with E-state index >= 15 is 0 Å². The molecule has 0 radical (unpaired) electrons. The van der Waals surface area contributed by atoms with E-state index in [9.17, 15) is 14.5 Å². The van der Waals surface area contributed by atoms with E-state index in [1.54, 1.807) is 51.1 Å². The second-order valence-electron chi connectivity index (χ2n) is 9.21. The topological polar surface area (TPSA) is 173 Å². The first kappa shape index (κ1) is 28.2. The van der Waals surface area contributed by atoms with Crippen LogP contribution >= 0.6 is 19.3 Å². The van der Waals surface area contributed by atoms with Gasteiger partial charge in [-0.25, -0.2) is 19.5 Å². The van der Waals surface area contributed by atoms with E-state index in [0.29, 0.717) is 11.2 Å². The van der Waals surface area contributed by atoms with Gasteiger partial charge in [0.25, 0.3) is 0 Å². The summed E-state index contributed by atoms with van der Waals surface area (Å²) in [6.07, 6.45) is -0.882. The zero-order chi connectivity index (χ0) is 27.7. The van der Waals surface area contributed by atoms with E-state index in [1.165, 1.54) is 24.1 Å². The molecule has 1 saturated heterocycles. The molecule has 2 aromatic heterocycles. The van der Waals surface area contributed by atoms with E-state index in [-0.39, 0.29) is 17.7 Å². The number of aliphatic hydroxyl groups is 1. The summed E-state index contributed by atoms with van der Waals surface area (Å²) < 4.78 is 38.7. The Balaban J connectivity index is 1.67. The number of nitrogens with two attached hydrogens (primary N) is 1. The maximum atomic E-state index is 14.1. The Hall–Kier alpha value is -2.80. The van der Waals surface area contributed by atoms with Gasteiger partial charge in [0.05, 0.1) is 19.0 Å². The van der Waals surface area contributed by atoms with Crippen LogP contribution in [-0.4, -0.2) is 66.4 Å². The number of alkyl halides is 1. The fourth-order valence-electron chi connectivity index (χ4n) is 4.04. The zero-order valence-electron chi connectivity index (χ0n) is 21.2. The monoisotopic (exact) mass is 568 g/mol. The summed E-state index contributed by atoms with van der Waals surface area (Å²) in [7, 11) is -4.33. The first-order chi connectivity index (χ1) is 17.9. The molecule has 1 aliphatic rings. The molecule has 0 amide bonds. The summed E-state index contributed by atoms with van der Waals surface area (Å²) in [5.74, 6) is -0.273. The number of nitrogens with zero attached hydrogens (tertiary/aromatic N) is 4. The van der Waals surface area contributed by atoms with E-state index < -0.39 is 49.7 Å². The Morgan fingerprint density at radius 3 is 2.66 bits per heavy atom. The van der Waals surface area contributed by atoms with Crippen molar-refractivity contribution in [2.75, 3.05) is 12.3 Å². The zero-order valence-corrected chi connectivity index (χ0v) is 22.9. The number of benzene rings is 1. The third-order valence-electron chi connectivity index (χ3n) is 5.78. The van der Waals surface area contributed by atoms with Crippen LogP contribution in [-0.2, 0) is 23.4 Å². The van der Waals surface area contributed by atoms with Crippen LogP contribution in [0, 0.1) is 0 Å². The molecule has 4 rings (SSSR count). The molecule has 38 heavy (non-hydrogen) atoms. The maximum absolute atomic E-state index is 14.1. The maximum Gasteiger partial charge on any atom is 0.459 e. The number of imidazole rings is 1. The molecule has 0 aliphatic carbocycles. The van der Waals surface area contributed by atoms with Crippen LogP contribution in [0.5, 0.6) is 5.75 Å². The summed E-state index contributed by atoms with van der Waals surface area (Å²) in [4.78, 5) is 23.5. The number of carbonyl (C=O) groups excluding carboxylic acids is 1. The molecular weight excluding hydrogens is 539 g/mol. The largest absolute Gasteiger partial charge is 0.462 e. The SMILES string of the molecule is CC(C)OC(=O)[C@@H](C)NP(=O)(Oc1ccccc1)O[C@@H]1[C@@H](CO)O[C@@H](n2cnc3c(N)ncnc32)[C@]1(C)Cl. The molecule has 1 unspecified atom stereocenters. The summed E-state index contributed by atoms with van der Waals surface area (Å²) in [5, 5.41) is 12.8. The smallest absolute Gasteiger partial charge is 0.459 e. The van der Waals surface area contributed by atoms with Crippen LogP contribution in [0.15, 0.2) is 43.0 Å². The Morgan fingerprint density at radius 1 is 1.29 bits per heavy atom. The summed E-state index contributed by atoms with van der Waals surface area (Å²) in [6.45, 7) is 5.93. The fraction of sp³-hybridized carbons (Fsp3) is 0.478. The fourth-order valence-corrected chi connectivity index (χ4v) is 6.23. The predicted molar refractivity (Wildman–Crippen MR) is 138 cm³/mol. The summed E-state index contributed by atoms with van der Waals surface area (Å²) >= 11 is 7.00. The van der Waals surface area contributed by atoms with Gasteiger partial charge in [-0.15, -0.1) is 11.6 Å². The number of nitrogens with one attached hydrogen (secondary N) is 1. The number of carbonyl (C=O) groups is 1. The van der Waals surface area contributed by atoms with Gasteiger partial charge in [-0.05, 0) is 39.8 Å². The van der Waals surface area contributed by atoms with Gasteiger partial charge < -0.3 is 24.8 Å². The average Bonchev–Trinajstić information content (AvgIpc) is 3.38. The number of anilines is 1. The van der Waals surface area contributed by atoms with Gasteiger partial charge in [-0.3, -0.25) is 13.9 Å². The minimum absolute atomic E-state index is 0.168. The number of ether oxygens (including phenoxy) is 2. The molecule has 1 aromatic carbocycles. The van der Waals surface area contributed by atoms with Gasteiger partial charge in [0.2, 0.25) is 0 Å². The molecule has 1 fully saturated rings. The highest BCUT2D eigenvalue weighted by Gasteiger charge is 2.57. The van der Waals surface area contributed by atoms with Crippen LogP contribution in [0.25, 0.3) is 11.2 Å². The molecule has 6 atom stereocenters. The van der Waals surface area contributed by atoms with Crippen LogP contribution < -0.4 is 15.3 Å². The minimum Gasteiger partial charge on any atom is -0.462 e. The van der Waals surface area contributed by atoms with Crippen LogP contribution in [0.3, 0.4) is 0 Å². The van der Waals surface area contributed by atoms with Crippen molar-refractivity contribution in [1.29, 1.82) is 0 Å². The van der Waals surface area contributed by atoms with Crippen molar-refractivity contribution in [2.24, 2.45) is 0 Å². The van der Waals surface area contributed by atoms with Crippen molar-refractivity contribution in [1.82, 2.24) is 24.6 Å². The molecule has 3 heterocycles. The molecule has 13 nitrogen and oxygen atoms in total. The highest BCUT2D eigenvalue weighted by molar-refractivity contribution is 7.52. The minimum atomic E-state index is -4.33. The van der Waals surface area contributed by atoms with Crippen LogP contribution in [0.1, 0.15) is 33.9 Å². The Labute approximate surface area is 224 Å². The van der Waals surface area contributed by atoms with Gasteiger partial charge in [0.15, 0.2) is 17.7 Å². The van der Waals surface area contributed by atoms with Gasteiger partial charge in [-0.2, -0.15) is 5.09 Å². The Bertz CT molecular complexity index is 1320. The highest BCUT2D eigenvalue weighted by atomic mass is 35.5.